The Hall–Kier alpha value is -4.62. The number of allylic oxidation sites excluding steroid dienone is 3. The number of carbonyl (C=O) groups is 9. The summed E-state index contributed by atoms with van der Waals surface area (Å²) in [6.45, 7) is 18.3. The molecule has 0 aromatic heterocycles. The molecule has 0 rings (SSSR count). The molecule has 24 heteroatoms. The van der Waals surface area contributed by atoms with Crippen LogP contribution in [-0.4, -0.2) is 237 Å². The fourth-order valence-electron chi connectivity index (χ4n) is 16.3. The molecular weight excluding hydrogens is 1730 g/mol. The molecule has 0 aromatic carbocycles. The Kier molecular flexibility index (Phi) is 94.2. The molecule has 0 saturated heterocycles. The molecule has 0 saturated carbocycles. The molecule has 133 heavy (non-hydrogen) atoms. The largest absolute Gasteiger partial charge is 0.461 e. The van der Waals surface area contributed by atoms with Gasteiger partial charge in [0.25, 0.3) is 15.7 Å². The minimum atomic E-state index is -0.546. The van der Waals surface area contributed by atoms with Crippen LogP contribution < -0.4 is 0 Å². The first kappa shape index (κ1) is 128. The van der Waals surface area contributed by atoms with Crippen molar-refractivity contribution in [3.8, 4) is 0 Å². The maximum atomic E-state index is 13.8. The molecule has 776 valence electrons. The number of ether oxygens (including phenoxy) is 6. The minimum absolute atomic E-state index is 0.110. The van der Waals surface area contributed by atoms with Crippen LogP contribution in [0.5, 0.6) is 0 Å². The summed E-state index contributed by atoms with van der Waals surface area (Å²) in [4.78, 5) is 131. The summed E-state index contributed by atoms with van der Waals surface area (Å²) in [6, 6.07) is 0. The van der Waals surface area contributed by atoms with Crippen molar-refractivity contribution in [2.24, 2.45) is 0 Å². The number of esters is 6. The third kappa shape index (κ3) is 87.4. The van der Waals surface area contributed by atoms with Gasteiger partial charge in [-0.05, 0) is 183 Å². The van der Waals surface area contributed by atoms with E-state index >= 15 is 0 Å². The number of rotatable bonds is 97. The molecule has 3 amide bonds. The van der Waals surface area contributed by atoms with Gasteiger partial charge in [-0.3, -0.25) is 43.2 Å². The normalized spacial score (nSPS) is 12.2. The lowest BCUT2D eigenvalue weighted by atomic mass is 10.0. The molecule has 0 spiro atoms. The zero-order chi connectivity index (χ0) is 97.6. The highest BCUT2D eigenvalue weighted by atomic mass is 32.2. The van der Waals surface area contributed by atoms with Gasteiger partial charge in [0.1, 0.15) is 77.4 Å². The van der Waals surface area contributed by atoms with Crippen LogP contribution in [0.25, 0.3) is 0 Å². The molecule has 0 N–H and O–H groups in total. The summed E-state index contributed by atoms with van der Waals surface area (Å²) in [6.07, 6.45) is 80.7. The molecule has 0 heterocycles. The second-order valence-electron chi connectivity index (χ2n) is 37.8. The van der Waals surface area contributed by atoms with E-state index < -0.39 is 35.8 Å². The van der Waals surface area contributed by atoms with Gasteiger partial charge in [-0.25, -0.2) is 0 Å². The predicted octanol–water partition coefficient (Wildman–Crippen LogP) is 28.6. The lowest BCUT2D eigenvalue weighted by Crippen LogP contribution is -2.39. The number of carbonyl (C=O) groups excluding carboxylic acids is 9. The van der Waals surface area contributed by atoms with Crippen LogP contribution in [0.3, 0.4) is 0 Å². The molecule has 21 nitrogen and oxygen atoms in total. The monoisotopic (exact) mass is 1930 g/mol. The van der Waals surface area contributed by atoms with Crippen molar-refractivity contribution in [3.63, 3.8) is 0 Å². The Morgan fingerprint density at radius 2 is 0.444 bits per heavy atom. The van der Waals surface area contributed by atoms with Crippen molar-refractivity contribution < 1.29 is 71.6 Å². The van der Waals surface area contributed by atoms with Gasteiger partial charge in [0.15, 0.2) is 0 Å². The van der Waals surface area contributed by atoms with Gasteiger partial charge >= 0.3 is 35.8 Å². The van der Waals surface area contributed by atoms with E-state index in [4.69, 9.17) is 28.4 Å². The van der Waals surface area contributed by atoms with Crippen molar-refractivity contribution >= 4 is 86.8 Å². The van der Waals surface area contributed by atoms with Crippen molar-refractivity contribution in [2.75, 3.05) is 137 Å². The molecule has 0 aliphatic carbocycles. The van der Waals surface area contributed by atoms with E-state index in [1.54, 1.807) is 0 Å². The standard InChI is InChI=1S/C109H202N6O15S3/c1-12-19-24-29-54-63-72-86-125-102(117)93-114(108(123)132-90-76-84-112(17-6)18-7)96-105(120)129-100(80-69-60-33-28-23-16-5)82-71-62-53-49-45-41-36-34-38-42-46-50-55-64-73-87-126-101(116)92-113(107(122)131-89-75-83-110(8)9)95-104(119)128-99(79-68-59-32-27-22-15-4)81-70-61-52-48-44-40-37-35-39-43-47-51-56-65-74-88-127-103(118)94-115(109(124)133-91-85-111(10)11)97-106(121)130-98(77-66-57-30-25-20-13-2)78-67-58-31-26-21-14-3/h63-65,72-74,98-100H,12-62,66-71,75-97H2,1-11H3/b72-63-,73-64-,74-65-. The van der Waals surface area contributed by atoms with E-state index in [-0.39, 0.29) is 93.1 Å². The van der Waals surface area contributed by atoms with Gasteiger partial charge in [-0.1, -0.05) is 396 Å². The number of thioether (sulfide) groups is 3. The summed E-state index contributed by atoms with van der Waals surface area (Å²) < 4.78 is 35.1. The van der Waals surface area contributed by atoms with Gasteiger partial charge in [0.05, 0.1) is 0 Å². The molecule has 0 fully saturated rings. The highest BCUT2D eigenvalue weighted by Gasteiger charge is 2.29. The fraction of sp³-hybridized carbons (Fsp3) is 0.862. The van der Waals surface area contributed by atoms with Gasteiger partial charge in [-0.2, -0.15) is 0 Å². The quantitative estimate of drug-likeness (QED) is 0.0238. The lowest BCUT2D eigenvalue weighted by molar-refractivity contribution is -0.153. The fourth-order valence-corrected chi connectivity index (χ4v) is 18.7. The Morgan fingerprint density at radius 3 is 0.684 bits per heavy atom. The average molecular weight is 1930 g/mol. The van der Waals surface area contributed by atoms with E-state index in [1.807, 2.05) is 57.4 Å². The molecule has 0 bridgehead atoms. The molecule has 0 aliphatic heterocycles. The van der Waals surface area contributed by atoms with E-state index in [1.165, 1.54) is 227 Å². The van der Waals surface area contributed by atoms with E-state index in [0.29, 0.717) is 23.8 Å². The summed E-state index contributed by atoms with van der Waals surface area (Å²) in [5, 5.41) is -0.945. The molecule has 2 unspecified atom stereocenters. The van der Waals surface area contributed by atoms with E-state index in [0.717, 1.165) is 254 Å². The second-order valence-corrected chi connectivity index (χ2v) is 40.9. The Morgan fingerprint density at radius 1 is 0.233 bits per heavy atom. The highest BCUT2D eigenvalue weighted by molar-refractivity contribution is 8.14. The number of amides is 3. The van der Waals surface area contributed by atoms with Crippen LogP contribution in [0.4, 0.5) is 14.4 Å². The maximum absolute atomic E-state index is 13.8. The van der Waals surface area contributed by atoms with Gasteiger partial charge in [-0.15, -0.1) is 0 Å². The SMILES string of the molecule is CCCCCC/C=C\COC(=O)CN(CC(=O)OC(CCCCCCCC)CCCCCCCCCCCCCC/C=C\COC(=O)CN(CC(=O)OC(CCCCCCCC)CCCCCCCCCCCCCC/C=C\COC(=O)CN(CC(=O)OC(CCCCCCCC)CCCCCCCC)C(=O)SCCN(C)C)C(=O)SCCCN(C)C)C(=O)SCCCN(CC)CC. The number of hydrogen-bond acceptors (Lipinski definition) is 21. The third-order valence-electron chi connectivity index (χ3n) is 24.6. The zero-order valence-corrected chi connectivity index (χ0v) is 89.7. The first-order valence-corrected chi connectivity index (χ1v) is 57.5. The molecule has 2 atom stereocenters. The van der Waals surface area contributed by atoms with Crippen molar-refractivity contribution in [1.29, 1.82) is 0 Å². The maximum Gasteiger partial charge on any atom is 0.326 e. The average Bonchev–Trinajstić information content (AvgIpc) is 0.903. The Bertz CT molecular complexity index is 2840. The van der Waals surface area contributed by atoms with E-state index in [2.05, 4.69) is 70.4 Å². The lowest BCUT2D eigenvalue weighted by Gasteiger charge is -2.23. The molecular formula is C109H202N6O15S3. The first-order valence-electron chi connectivity index (χ1n) is 54.5. The second kappa shape index (κ2) is 97.6. The smallest absolute Gasteiger partial charge is 0.326 e. The van der Waals surface area contributed by atoms with Gasteiger partial charge in [0, 0.05) is 23.8 Å². The van der Waals surface area contributed by atoms with Crippen LogP contribution in [0.2, 0.25) is 0 Å². The topological polar surface area (TPSA) is 228 Å². The predicted molar refractivity (Wildman–Crippen MR) is 562 cm³/mol. The van der Waals surface area contributed by atoms with Crippen LogP contribution in [0, 0.1) is 0 Å². The minimum Gasteiger partial charge on any atom is -0.461 e. The molecule has 0 aromatic rings. The van der Waals surface area contributed by atoms with Crippen LogP contribution in [0.1, 0.15) is 453 Å². The van der Waals surface area contributed by atoms with Crippen LogP contribution in [0.15, 0.2) is 36.5 Å². The summed E-state index contributed by atoms with van der Waals surface area (Å²) in [5.74, 6) is -1.30. The third-order valence-corrected chi connectivity index (χ3v) is 27.5. The number of unbranched alkanes of at least 4 members (excludes halogenated alkanes) is 48. The van der Waals surface area contributed by atoms with Crippen LogP contribution >= 0.6 is 35.3 Å². The molecule has 0 radical (unpaired) electrons. The van der Waals surface area contributed by atoms with Crippen molar-refractivity contribution in [3.05, 3.63) is 36.5 Å². The number of nitrogens with zero attached hydrogens (tertiary/aromatic N) is 6. The summed E-state index contributed by atoms with van der Waals surface area (Å²) in [7, 11) is 7.89. The summed E-state index contributed by atoms with van der Waals surface area (Å²) in [5.41, 5.74) is 0. The highest BCUT2D eigenvalue weighted by Crippen LogP contribution is 2.25. The summed E-state index contributed by atoms with van der Waals surface area (Å²) >= 11 is 3.40. The van der Waals surface area contributed by atoms with Crippen molar-refractivity contribution in [2.45, 2.75) is 471 Å². The first-order chi connectivity index (χ1) is 64.7. The van der Waals surface area contributed by atoms with Crippen LogP contribution in [-0.2, 0) is 57.2 Å². The van der Waals surface area contributed by atoms with Gasteiger partial charge in [0.2, 0.25) is 0 Å². The zero-order valence-electron chi connectivity index (χ0n) is 87.3. The Balaban J connectivity index is 5.06. The molecule has 0 aliphatic rings. The Labute approximate surface area is 827 Å². The van der Waals surface area contributed by atoms with E-state index in [9.17, 15) is 43.2 Å². The number of hydrogen-bond donors (Lipinski definition) is 0. The van der Waals surface area contributed by atoms with Gasteiger partial charge < -0.3 is 57.8 Å². The van der Waals surface area contributed by atoms with Crippen molar-refractivity contribution in [1.82, 2.24) is 29.4 Å².